The maximum Gasteiger partial charge on any atom is 0.329 e. The van der Waals surface area contributed by atoms with Crippen LogP contribution in [0.3, 0.4) is 0 Å². The van der Waals surface area contributed by atoms with E-state index < -0.39 is 11.8 Å². The van der Waals surface area contributed by atoms with Crippen LogP contribution in [0.25, 0.3) is 0 Å². The molecule has 0 fully saturated rings. The van der Waals surface area contributed by atoms with Gasteiger partial charge in [0.1, 0.15) is 5.75 Å². The summed E-state index contributed by atoms with van der Waals surface area (Å²) in [5, 5.41) is 6.36. The van der Waals surface area contributed by atoms with Gasteiger partial charge in [0.25, 0.3) is 0 Å². The third-order valence-corrected chi connectivity index (χ3v) is 3.80. The van der Waals surface area contributed by atoms with Crippen LogP contribution < -0.4 is 15.5 Å². The average molecular weight is 367 g/mol. The molecule has 0 saturated carbocycles. The maximum atomic E-state index is 12.0. The lowest BCUT2D eigenvalue weighted by atomic mass is 9.87. The van der Waals surface area contributed by atoms with E-state index >= 15 is 0 Å². The van der Waals surface area contributed by atoms with Gasteiger partial charge in [-0.1, -0.05) is 57.2 Å². The molecule has 0 aromatic heterocycles. The molecule has 0 heterocycles. The van der Waals surface area contributed by atoms with Crippen molar-refractivity contribution in [3.63, 3.8) is 0 Å². The number of hydrazone groups is 1. The molecule has 0 saturated heterocycles. The summed E-state index contributed by atoms with van der Waals surface area (Å²) in [4.78, 5) is 23.9. The Morgan fingerprint density at radius 2 is 1.70 bits per heavy atom. The summed E-state index contributed by atoms with van der Waals surface area (Å²) in [5.74, 6) is -1.17. The molecule has 0 bridgehead atoms. The lowest BCUT2D eigenvalue weighted by molar-refractivity contribution is -0.136. The van der Waals surface area contributed by atoms with Crippen molar-refractivity contribution < 1.29 is 14.3 Å². The first-order valence-electron chi connectivity index (χ1n) is 8.78. The third kappa shape index (κ3) is 5.95. The molecule has 0 radical (unpaired) electrons. The summed E-state index contributed by atoms with van der Waals surface area (Å²) >= 11 is 0. The Morgan fingerprint density at radius 1 is 1.04 bits per heavy atom. The number of amides is 2. The standard InChI is InChI=1S/C21H25N3O3/c1-5-27-18-9-7-6-8-17(18)23-19(25)20(26)24-22-14-15-10-12-16(13-11-15)21(2,3)4/h6-14H,5H2,1-4H3,(H,23,25)(H,24,26)/b22-14+. The molecule has 6 heteroatoms. The fourth-order valence-electron chi connectivity index (χ4n) is 2.32. The summed E-state index contributed by atoms with van der Waals surface area (Å²) in [6, 6.07) is 14.8. The number of rotatable bonds is 5. The second kappa shape index (κ2) is 8.98. The molecule has 2 N–H and O–H groups in total. The number of carbonyl (C=O) groups excluding carboxylic acids is 2. The number of carbonyl (C=O) groups is 2. The lowest BCUT2D eigenvalue weighted by Gasteiger charge is -2.18. The van der Waals surface area contributed by atoms with Gasteiger partial charge >= 0.3 is 11.8 Å². The molecular formula is C21H25N3O3. The molecule has 0 unspecified atom stereocenters. The number of nitrogens with one attached hydrogen (secondary N) is 2. The Balaban J connectivity index is 1.93. The number of para-hydroxylation sites is 2. The number of benzene rings is 2. The monoisotopic (exact) mass is 367 g/mol. The summed E-state index contributed by atoms with van der Waals surface area (Å²) in [6.07, 6.45) is 1.49. The molecular weight excluding hydrogens is 342 g/mol. The van der Waals surface area contributed by atoms with E-state index in [1.807, 2.05) is 31.2 Å². The van der Waals surface area contributed by atoms with Crippen molar-refractivity contribution in [2.45, 2.75) is 33.1 Å². The minimum Gasteiger partial charge on any atom is -0.492 e. The Bertz CT molecular complexity index is 821. The fraction of sp³-hybridized carbons (Fsp3) is 0.286. The van der Waals surface area contributed by atoms with Crippen LogP contribution in [-0.4, -0.2) is 24.6 Å². The van der Waals surface area contributed by atoms with Crippen LogP contribution in [-0.2, 0) is 15.0 Å². The topological polar surface area (TPSA) is 79.8 Å². The molecule has 6 nitrogen and oxygen atoms in total. The highest BCUT2D eigenvalue weighted by molar-refractivity contribution is 6.39. The van der Waals surface area contributed by atoms with Crippen molar-refractivity contribution in [1.82, 2.24) is 5.43 Å². The van der Waals surface area contributed by atoms with Gasteiger partial charge in [-0.2, -0.15) is 5.10 Å². The summed E-state index contributed by atoms with van der Waals surface area (Å²) in [6.45, 7) is 8.71. The Kier molecular flexibility index (Phi) is 6.71. The van der Waals surface area contributed by atoms with Gasteiger partial charge in [-0.05, 0) is 35.6 Å². The summed E-state index contributed by atoms with van der Waals surface area (Å²) in [5.41, 5.74) is 4.76. The van der Waals surface area contributed by atoms with Crippen LogP contribution in [0.15, 0.2) is 53.6 Å². The van der Waals surface area contributed by atoms with Crippen molar-refractivity contribution in [3.05, 3.63) is 59.7 Å². The van der Waals surface area contributed by atoms with Gasteiger partial charge in [0.15, 0.2) is 0 Å². The van der Waals surface area contributed by atoms with Crippen molar-refractivity contribution >= 4 is 23.7 Å². The van der Waals surface area contributed by atoms with Crippen molar-refractivity contribution in [2.24, 2.45) is 5.10 Å². The van der Waals surface area contributed by atoms with Gasteiger partial charge in [0.2, 0.25) is 0 Å². The Labute approximate surface area is 159 Å². The van der Waals surface area contributed by atoms with Crippen LogP contribution in [0, 0.1) is 0 Å². The number of hydrogen-bond acceptors (Lipinski definition) is 4. The first-order chi connectivity index (χ1) is 12.8. The molecule has 0 spiro atoms. The second-order valence-electron chi connectivity index (χ2n) is 6.95. The zero-order valence-corrected chi connectivity index (χ0v) is 16.1. The second-order valence-corrected chi connectivity index (χ2v) is 6.95. The predicted octanol–water partition coefficient (Wildman–Crippen LogP) is 3.47. The lowest BCUT2D eigenvalue weighted by Crippen LogP contribution is -2.32. The minimum atomic E-state index is -0.858. The largest absolute Gasteiger partial charge is 0.492 e. The smallest absolute Gasteiger partial charge is 0.329 e. The summed E-state index contributed by atoms with van der Waals surface area (Å²) < 4.78 is 5.41. The molecule has 0 atom stereocenters. The highest BCUT2D eigenvalue weighted by Gasteiger charge is 2.15. The van der Waals surface area contributed by atoms with Gasteiger partial charge < -0.3 is 10.1 Å². The predicted molar refractivity (Wildman–Crippen MR) is 107 cm³/mol. The number of nitrogens with zero attached hydrogens (tertiary/aromatic N) is 1. The van der Waals surface area contributed by atoms with Crippen LogP contribution >= 0.6 is 0 Å². The minimum absolute atomic E-state index is 0.0692. The van der Waals surface area contributed by atoms with E-state index in [-0.39, 0.29) is 5.41 Å². The molecule has 2 aromatic rings. The van der Waals surface area contributed by atoms with Gasteiger partial charge in [-0.3, -0.25) is 9.59 Å². The molecule has 0 aliphatic heterocycles. The first-order valence-corrected chi connectivity index (χ1v) is 8.78. The molecule has 0 aliphatic rings. The molecule has 142 valence electrons. The zero-order valence-electron chi connectivity index (χ0n) is 16.1. The zero-order chi connectivity index (χ0) is 19.9. The Morgan fingerprint density at radius 3 is 2.33 bits per heavy atom. The molecule has 2 rings (SSSR count). The van der Waals surface area contributed by atoms with E-state index in [1.54, 1.807) is 24.3 Å². The Hall–Kier alpha value is -3.15. The normalized spacial score (nSPS) is 11.3. The molecule has 2 aromatic carbocycles. The summed E-state index contributed by atoms with van der Waals surface area (Å²) in [7, 11) is 0. The van der Waals surface area contributed by atoms with E-state index in [0.717, 1.165) is 5.56 Å². The van der Waals surface area contributed by atoms with Gasteiger partial charge in [-0.25, -0.2) is 5.43 Å². The van der Waals surface area contributed by atoms with Gasteiger partial charge in [-0.15, -0.1) is 0 Å². The quantitative estimate of drug-likeness (QED) is 0.482. The van der Waals surface area contributed by atoms with Crippen molar-refractivity contribution in [2.75, 3.05) is 11.9 Å². The molecule has 2 amide bonds. The van der Waals surface area contributed by atoms with Crippen LogP contribution in [0.4, 0.5) is 5.69 Å². The van der Waals surface area contributed by atoms with Crippen LogP contribution in [0.1, 0.15) is 38.8 Å². The van der Waals surface area contributed by atoms with Crippen molar-refractivity contribution in [1.29, 1.82) is 0 Å². The first kappa shape index (κ1) is 20.2. The van der Waals surface area contributed by atoms with E-state index in [2.05, 4.69) is 36.6 Å². The van der Waals surface area contributed by atoms with Crippen LogP contribution in [0.2, 0.25) is 0 Å². The fourth-order valence-corrected chi connectivity index (χ4v) is 2.32. The van der Waals surface area contributed by atoms with Gasteiger partial charge in [0, 0.05) is 0 Å². The highest BCUT2D eigenvalue weighted by atomic mass is 16.5. The number of anilines is 1. The van der Waals surface area contributed by atoms with Crippen LogP contribution in [0.5, 0.6) is 5.75 Å². The molecule has 0 aliphatic carbocycles. The molecule has 27 heavy (non-hydrogen) atoms. The number of hydrogen-bond donors (Lipinski definition) is 2. The van der Waals surface area contributed by atoms with Crippen molar-refractivity contribution in [3.8, 4) is 5.75 Å². The highest BCUT2D eigenvalue weighted by Crippen LogP contribution is 2.23. The third-order valence-electron chi connectivity index (χ3n) is 3.80. The SMILES string of the molecule is CCOc1ccccc1NC(=O)C(=O)N/N=C/c1ccc(C(C)(C)C)cc1. The van der Waals surface area contributed by atoms with Gasteiger partial charge in [0.05, 0.1) is 18.5 Å². The van der Waals surface area contributed by atoms with E-state index in [4.69, 9.17) is 4.74 Å². The average Bonchev–Trinajstić information content (AvgIpc) is 2.63. The van der Waals surface area contributed by atoms with E-state index in [1.165, 1.54) is 11.8 Å². The number of ether oxygens (including phenoxy) is 1. The van der Waals surface area contributed by atoms with E-state index in [0.29, 0.717) is 18.0 Å². The van der Waals surface area contributed by atoms with E-state index in [9.17, 15) is 9.59 Å². The maximum absolute atomic E-state index is 12.0.